The van der Waals surface area contributed by atoms with Gasteiger partial charge < -0.3 is 10.1 Å². The number of Topliss-reactive ketones (excluding diaryl/α,β-unsaturated/α-hetero) is 1. The Morgan fingerprint density at radius 2 is 2.12 bits per heavy atom. The minimum absolute atomic E-state index is 0.117. The second-order valence-electron chi connectivity index (χ2n) is 5.83. The van der Waals surface area contributed by atoms with Crippen LogP contribution >= 0.6 is 0 Å². The van der Waals surface area contributed by atoms with Crippen LogP contribution in [0.3, 0.4) is 0 Å². The Labute approximate surface area is 104 Å². The van der Waals surface area contributed by atoms with E-state index < -0.39 is 0 Å². The Kier molecular flexibility index (Phi) is 4.57. The minimum Gasteiger partial charge on any atom is -0.375 e. The van der Waals surface area contributed by atoms with Crippen molar-refractivity contribution in [1.82, 2.24) is 5.32 Å². The zero-order valence-corrected chi connectivity index (χ0v) is 11.1. The van der Waals surface area contributed by atoms with Gasteiger partial charge in [-0.2, -0.15) is 0 Å². The lowest BCUT2D eigenvalue weighted by molar-refractivity contribution is -0.128. The number of morpholine rings is 1. The van der Waals surface area contributed by atoms with Crippen LogP contribution in [0.5, 0.6) is 0 Å². The van der Waals surface area contributed by atoms with Crippen molar-refractivity contribution in [2.24, 2.45) is 17.8 Å². The fourth-order valence-corrected chi connectivity index (χ4v) is 2.98. The summed E-state index contributed by atoms with van der Waals surface area (Å²) in [6, 6.07) is 0. The van der Waals surface area contributed by atoms with Crippen molar-refractivity contribution in [3.05, 3.63) is 0 Å². The highest BCUT2D eigenvalue weighted by molar-refractivity contribution is 5.81. The van der Waals surface area contributed by atoms with Crippen molar-refractivity contribution in [1.29, 1.82) is 0 Å². The summed E-state index contributed by atoms with van der Waals surface area (Å²) in [5.41, 5.74) is 0. The molecule has 0 bridgehead atoms. The highest BCUT2D eigenvalue weighted by atomic mass is 16.5. The van der Waals surface area contributed by atoms with Gasteiger partial charge in [0.25, 0.3) is 0 Å². The number of carbonyl (C=O) groups is 1. The molecule has 2 aliphatic rings. The smallest absolute Gasteiger partial charge is 0.138 e. The first-order chi connectivity index (χ1) is 8.16. The summed E-state index contributed by atoms with van der Waals surface area (Å²) >= 11 is 0. The lowest BCUT2D eigenvalue weighted by atomic mass is 9.74. The molecule has 98 valence electrons. The van der Waals surface area contributed by atoms with E-state index in [2.05, 4.69) is 19.2 Å². The van der Waals surface area contributed by atoms with Crippen LogP contribution in [-0.4, -0.2) is 31.6 Å². The molecule has 3 nitrogen and oxygen atoms in total. The van der Waals surface area contributed by atoms with Gasteiger partial charge in [0.05, 0.1) is 12.7 Å². The Hall–Kier alpha value is -0.410. The molecule has 1 heterocycles. The normalized spacial score (nSPS) is 38.9. The maximum atomic E-state index is 12.2. The third-order valence-electron chi connectivity index (χ3n) is 4.49. The van der Waals surface area contributed by atoms with Gasteiger partial charge in [-0.05, 0) is 31.1 Å². The summed E-state index contributed by atoms with van der Waals surface area (Å²) in [5.74, 6) is 2.21. The van der Waals surface area contributed by atoms with Crippen molar-refractivity contribution < 1.29 is 9.53 Å². The van der Waals surface area contributed by atoms with Crippen LogP contribution in [0.2, 0.25) is 0 Å². The molecule has 1 N–H and O–H groups in total. The van der Waals surface area contributed by atoms with Gasteiger partial charge in [-0.3, -0.25) is 4.79 Å². The number of ether oxygens (including phenoxy) is 1. The topological polar surface area (TPSA) is 38.3 Å². The van der Waals surface area contributed by atoms with Gasteiger partial charge in [-0.25, -0.2) is 0 Å². The maximum Gasteiger partial charge on any atom is 0.138 e. The largest absolute Gasteiger partial charge is 0.375 e. The van der Waals surface area contributed by atoms with E-state index in [0.29, 0.717) is 24.0 Å². The van der Waals surface area contributed by atoms with E-state index in [-0.39, 0.29) is 6.10 Å². The molecule has 1 saturated carbocycles. The third kappa shape index (κ3) is 3.52. The molecule has 0 spiro atoms. The zero-order chi connectivity index (χ0) is 12.3. The Morgan fingerprint density at radius 1 is 1.29 bits per heavy atom. The lowest BCUT2D eigenvalue weighted by Gasteiger charge is -2.32. The van der Waals surface area contributed by atoms with Crippen LogP contribution < -0.4 is 5.32 Å². The van der Waals surface area contributed by atoms with Crippen molar-refractivity contribution in [3.63, 3.8) is 0 Å². The van der Waals surface area contributed by atoms with Gasteiger partial charge in [-0.1, -0.05) is 13.8 Å². The molecule has 0 aromatic rings. The summed E-state index contributed by atoms with van der Waals surface area (Å²) in [6.45, 7) is 7.09. The van der Waals surface area contributed by atoms with E-state index in [1.54, 1.807) is 0 Å². The summed E-state index contributed by atoms with van der Waals surface area (Å²) in [4.78, 5) is 12.2. The monoisotopic (exact) mass is 239 g/mol. The summed E-state index contributed by atoms with van der Waals surface area (Å²) < 4.78 is 5.60. The van der Waals surface area contributed by atoms with Crippen LogP contribution in [0, 0.1) is 17.8 Å². The zero-order valence-electron chi connectivity index (χ0n) is 11.1. The molecule has 1 saturated heterocycles. The van der Waals surface area contributed by atoms with Crippen molar-refractivity contribution in [3.8, 4) is 0 Å². The quantitative estimate of drug-likeness (QED) is 0.818. The first kappa shape index (κ1) is 13.0. The molecule has 4 atom stereocenters. The SMILES string of the molecule is CC1CCC(C(=O)CC2CNCCO2)CC1C. The fourth-order valence-electron chi connectivity index (χ4n) is 2.98. The predicted molar refractivity (Wildman–Crippen MR) is 67.9 cm³/mol. The average Bonchev–Trinajstić information content (AvgIpc) is 2.34. The Morgan fingerprint density at radius 3 is 2.76 bits per heavy atom. The first-order valence-corrected chi connectivity index (χ1v) is 7.02. The summed E-state index contributed by atoms with van der Waals surface area (Å²) in [5, 5.41) is 3.28. The molecule has 2 rings (SSSR count). The molecular weight excluding hydrogens is 214 g/mol. The Bertz CT molecular complexity index is 261. The number of hydrogen-bond acceptors (Lipinski definition) is 3. The third-order valence-corrected chi connectivity index (χ3v) is 4.49. The highest BCUT2D eigenvalue weighted by Gasteiger charge is 2.30. The second-order valence-corrected chi connectivity index (χ2v) is 5.83. The van der Waals surface area contributed by atoms with Gasteiger partial charge in [0.1, 0.15) is 5.78 Å². The molecule has 1 aliphatic carbocycles. The lowest BCUT2D eigenvalue weighted by Crippen LogP contribution is -2.40. The predicted octanol–water partition coefficient (Wildman–Crippen LogP) is 2.01. The van der Waals surface area contributed by atoms with Crippen LogP contribution in [0.15, 0.2) is 0 Å². The Balaban J connectivity index is 1.79. The summed E-state index contributed by atoms with van der Waals surface area (Å²) in [6.07, 6.45) is 4.11. The standard InChI is InChI=1S/C14H25NO2/c1-10-3-4-12(7-11(10)2)14(16)8-13-9-15-5-6-17-13/h10-13,15H,3-9H2,1-2H3. The molecule has 17 heavy (non-hydrogen) atoms. The van der Waals surface area contributed by atoms with Gasteiger partial charge in [-0.15, -0.1) is 0 Å². The summed E-state index contributed by atoms with van der Waals surface area (Å²) in [7, 11) is 0. The van der Waals surface area contributed by atoms with E-state index in [0.717, 1.165) is 38.5 Å². The molecule has 4 unspecified atom stereocenters. The van der Waals surface area contributed by atoms with E-state index in [1.807, 2.05) is 0 Å². The van der Waals surface area contributed by atoms with Crippen LogP contribution in [0.4, 0.5) is 0 Å². The van der Waals surface area contributed by atoms with Crippen LogP contribution in [0.1, 0.15) is 39.5 Å². The highest BCUT2D eigenvalue weighted by Crippen LogP contribution is 2.34. The maximum absolute atomic E-state index is 12.2. The molecule has 0 radical (unpaired) electrons. The molecule has 3 heteroatoms. The molecular formula is C14H25NO2. The molecule has 1 aliphatic heterocycles. The van der Waals surface area contributed by atoms with E-state index in [4.69, 9.17) is 4.74 Å². The van der Waals surface area contributed by atoms with Crippen molar-refractivity contribution in [2.45, 2.75) is 45.6 Å². The van der Waals surface area contributed by atoms with Crippen molar-refractivity contribution in [2.75, 3.05) is 19.7 Å². The van der Waals surface area contributed by atoms with E-state index in [9.17, 15) is 4.79 Å². The second kappa shape index (κ2) is 5.96. The van der Waals surface area contributed by atoms with Gasteiger partial charge >= 0.3 is 0 Å². The number of nitrogens with one attached hydrogen (secondary N) is 1. The number of carbonyl (C=O) groups excluding carboxylic acids is 1. The minimum atomic E-state index is 0.117. The van der Waals surface area contributed by atoms with E-state index >= 15 is 0 Å². The molecule has 0 aromatic heterocycles. The molecule has 2 fully saturated rings. The van der Waals surface area contributed by atoms with Gasteiger partial charge in [0.2, 0.25) is 0 Å². The van der Waals surface area contributed by atoms with Gasteiger partial charge in [0, 0.05) is 25.4 Å². The van der Waals surface area contributed by atoms with Crippen LogP contribution in [0.25, 0.3) is 0 Å². The first-order valence-electron chi connectivity index (χ1n) is 7.02. The molecule has 0 aromatic carbocycles. The van der Waals surface area contributed by atoms with Crippen molar-refractivity contribution >= 4 is 5.78 Å². The van der Waals surface area contributed by atoms with Gasteiger partial charge in [0.15, 0.2) is 0 Å². The number of rotatable bonds is 3. The van der Waals surface area contributed by atoms with E-state index in [1.165, 1.54) is 6.42 Å². The fraction of sp³-hybridized carbons (Fsp3) is 0.929. The number of ketones is 1. The van der Waals surface area contributed by atoms with Crippen LogP contribution in [-0.2, 0) is 9.53 Å². The number of hydrogen-bond donors (Lipinski definition) is 1. The molecule has 0 amide bonds. The average molecular weight is 239 g/mol.